The highest BCUT2D eigenvalue weighted by Gasteiger charge is 2.38. The van der Waals surface area contributed by atoms with Gasteiger partial charge in [0.2, 0.25) is 10.0 Å². The van der Waals surface area contributed by atoms with E-state index in [9.17, 15) is 22.8 Å². The molecule has 0 heterocycles. The molecule has 2 aromatic carbocycles. The predicted octanol–water partition coefficient (Wildman–Crippen LogP) is 7.08. The summed E-state index contributed by atoms with van der Waals surface area (Å²) in [5.41, 5.74) is -0.994. The van der Waals surface area contributed by atoms with E-state index < -0.39 is 33.9 Å². The Morgan fingerprint density at radius 2 is 1.55 bits per heavy atom. The van der Waals surface area contributed by atoms with Crippen molar-refractivity contribution >= 4 is 81.5 Å². The molecular weight excluding hydrogens is 528 g/mol. The van der Waals surface area contributed by atoms with Crippen molar-refractivity contribution in [2.75, 3.05) is 10.6 Å². The summed E-state index contributed by atoms with van der Waals surface area (Å²) in [6, 6.07) is 6.86. The van der Waals surface area contributed by atoms with Crippen molar-refractivity contribution < 1.29 is 27.5 Å². The topological polar surface area (TPSA) is 79.5 Å². The monoisotopic (exact) mass is 537 g/mol. The van der Waals surface area contributed by atoms with Crippen molar-refractivity contribution in [2.24, 2.45) is 0 Å². The fourth-order valence-electron chi connectivity index (χ4n) is 2.07. The second-order valence-corrected chi connectivity index (χ2v) is 8.94. The Kier molecular flexibility index (Phi) is 8.40. The number of alkyl halides is 6. The van der Waals surface area contributed by atoms with Gasteiger partial charge in [0.1, 0.15) is 0 Å². The van der Waals surface area contributed by atoms with Gasteiger partial charge in [-0.1, -0.05) is 64.1 Å². The maximum atomic E-state index is 12.8. The molecule has 6 nitrogen and oxygen atoms in total. The predicted molar refractivity (Wildman–Crippen MR) is 114 cm³/mol. The van der Waals surface area contributed by atoms with E-state index in [4.69, 9.17) is 62.7 Å². The van der Waals surface area contributed by atoms with Gasteiger partial charge in [-0.3, -0.25) is 10.6 Å². The molecule has 3 amide bonds. The van der Waals surface area contributed by atoms with Crippen LogP contribution in [0, 0.1) is 0 Å². The lowest BCUT2D eigenvalue weighted by molar-refractivity contribution is -0.137. The van der Waals surface area contributed by atoms with E-state index in [1.807, 2.05) is 5.32 Å². The van der Waals surface area contributed by atoms with Crippen LogP contribution in [0.4, 0.5) is 34.1 Å². The molecule has 0 fully saturated rings. The number of rotatable bonds is 4. The molecule has 2 aromatic rings. The van der Waals surface area contributed by atoms with Crippen molar-refractivity contribution in [1.29, 1.82) is 0 Å². The summed E-state index contributed by atoms with van der Waals surface area (Å²) >= 11 is 28.8. The molecule has 0 aliphatic carbocycles. The number of hydrogen-bond donors (Lipinski definition) is 3. The molecule has 168 valence electrons. The first-order chi connectivity index (χ1) is 14.3. The smallest absolute Gasteiger partial charge is 0.416 e. The zero-order chi connectivity index (χ0) is 23.4. The van der Waals surface area contributed by atoms with E-state index in [0.717, 1.165) is 12.1 Å². The Labute approximate surface area is 198 Å². The lowest BCUT2D eigenvalue weighted by Crippen LogP contribution is -2.49. The summed E-state index contributed by atoms with van der Waals surface area (Å²) in [6.07, 6.45) is -7.56. The molecule has 1 atom stereocenters. The first-order valence-electron chi connectivity index (χ1n) is 8.00. The maximum absolute atomic E-state index is 12.8. The van der Waals surface area contributed by atoms with Gasteiger partial charge in [-0.15, -0.1) is 0 Å². The third kappa shape index (κ3) is 8.01. The Morgan fingerprint density at radius 3 is 2.13 bits per heavy atom. The molecule has 0 radical (unpaired) electrons. The van der Waals surface area contributed by atoms with Crippen molar-refractivity contribution in [3.05, 3.63) is 58.1 Å². The van der Waals surface area contributed by atoms with Crippen LogP contribution < -0.4 is 16.0 Å². The first kappa shape index (κ1) is 25.5. The van der Waals surface area contributed by atoms with Gasteiger partial charge in [0.25, 0.3) is 0 Å². The molecule has 31 heavy (non-hydrogen) atoms. The largest absolute Gasteiger partial charge is 0.421 e. The zero-order valence-electron chi connectivity index (χ0n) is 14.9. The SMILES string of the molecule is O=C(Nc1cccc(C(F)(F)F)c1)NC(OC(=O)Nc1ccc(Cl)c(Cl)c1)C(Cl)(Cl)Cl. The van der Waals surface area contributed by atoms with E-state index in [1.54, 1.807) is 0 Å². The summed E-state index contributed by atoms with van der Waals surface area (Å²) in [5, 5.41) is 6.84. The quantitative estimate of drug-likeness (QED) is 0.287. The summed E-state index contributed by atoms with van der Waals surface area (Å²) in [5.74, 6) is 0. The summed E-state index contributed by atoms with van der Waals surface area (Å²) in [6.45, 7) is 0. The van der Waals surface area contributed by atoms with Crippen LogP contribution in [0.2, 0.25) is 10.0 Å². The Balaban J connectivity index is 2.05. The molecule has 0 bridgehead atoms. The zero-order valence-corrected chi connectivity index (χ0v) is 18.6. The minimum atomic E-state index is -4.61. The van der Waals surface area contributed by atoms with Crippen LogP contribution in [0.15, 0.2) is 42.5 Å². The van der Waals surface area contributed by atoms with Gasteiger partial charge >= 0.3 is 18.3 Å². The fourth-order valence-corrected chi connectivity index (χ4v) is 2.66. The number of nitrogens with one attached hydrogen (secondary N) is 3. The van der Waals surface area contributed by atoms with Crippen molar-refractivity contribution in [3.63, 3.8) is 0 Å². The number of halogens is 8. The molecule has 1 unspecified atom stereocenters. The maximum Gasteiger partial charge on any atom is 0.416 e. The fraction of sp³-hybridized carbons (Fsp3) is 0.176. The Morgan fingerprint density at radius 1 is 0.903 bits per heavy atom. The highest BCUT2D eigenvalue weighted by molar-refractivity contribution is 6.68. The Hall–Kier alpha value is -1.78. The molecule has 0 spiro atoms. The number of anilines is 2. The van der Waals surface area contributed by atoms with Gasteiger partial charge in [0, 0.05) is 11.4 Å². The normalized spacial score (nSPS) is 12.6. The van der Waals surface area contributed by atoms with Crippen LogP contribution in [0.1, 0.15) is 5.56 Å². The van der Waals surface area contributed by atoms with Crippen molar-refractivity contribution in [3.8, 4) is 0 Å². The molecule has 0 aliphatic rings. The van der Waals surface area contributed by atoms with E-state index in [0.29, 0.717) is 6.07 Å². The van der Waals surface area contributed by atoms with Crippen molar-refractivity contribution in [1.82, 2.24) is 5.32 Å². The average molecular weight is 540 g/mol. The minimum Gasteiger partial charge on any atom is -0.421 e. The van der Waals surface area contributed by atoms with Gasteiger partial charge in [0.15, 0.2) is 0 Å². The summed E-state index contributed by atoms with van der Waals surface area (Å²) in [4.78, 5) is 24.2. The number of carbonyl (C=O) groups excluding carboxylic acids is 2. The van der Waals surface area contributed by atoms with Crippen LogP contribution in [-0.4, -0.2) is 22.1 Å². The highest BCUT2D eigenvalue weighted by atomic mass is 35.6. The lowest BCUT2D eigenvalue weighted by atomic mass is 10.2. The third-order valence-corrected chi connectivity index (χ3v) is 4.73. The van der Waals surface area contributed by atoms with Crippen LogP contribution in [-0.2, 0) is 10.9 Å². The van der Waals surface area contributed by atoms with Gasteiger partial charge in [-0.25, -0.2) is 9.59 Å². The van der Waals surface area contributed by atoms with E-state index in [2.05, 4.69) is 10.6 Å². The standard InChI is InChI=1S/C17H11Cl5F3N3O3/c18-11-5-4-10(7-12(11)19)27-15(30)31-13(16(20,21)22)28-14(29)26-9-3-1-2-8(6-9)17(23,24)25/h1-7,13H,(H,27,30)(H2,26,28,29). The molecule has 0 saturated heterocycles. The number of ether oxygens (including phenoxy) is 1. The molecular formula is C17H11Cl5F3N3O3. The average Bonchev–Trinajstić information content (AvgIpc) is 2.63. The van der Waals surface area contributed by atoms with Crippen LogP contribution in [0.3, 0.4) is 0 Å². The molecule has 0 saturated carbocycles. The minimum absolute atomic E-state index is 0.149. The number of hydrogen-bond acceptors (Lipinski definition) is 3. The highest BCUT2D eigenvalue weighted by Crippen LogP contribution is 2.32. The van der Waals surface area contributed by atoms with Gasteiger partial charge in [0.05, 0.1) is 15.6 Å². The second kappa shape index (κ2) is 10.2. The number of benzene rings is 2. The van der Waals surface area contributed by atoms with Crippen molar-refractivity contribution in [2.45, 2.75) is 16.2 Å². The summed E-state index contributed by atoms with van der Waals surface area (Å²) in [7, 11) is 0. The van der Waals surface area contributed by atoms with Crippen LogP contribution in [0.5, 0.6) is 0 Å². The number of urea groups is 1. The summed E-state index contributed by atoms with van der Waals surface area (Å²) < 4.78 is 40.9. The second-order valence-electron chi connectivity index (χ2n) is 5.76. The molecule has 0 aromatic heterocycles. The lowest BCUT2D eigenvalue weighted by Gasteiger charge is -2.25. The van der Waals surface area contributed by atoms with Gasteiger partial charge in [-0.2, -0.15) is 13.2 Å². The first-order valence-corrected chi connectivity index (χ1v) is 9.89. The van der Waals surface area contributed by atoms with E-state index in [-0.39, 0.29) is 21.4 Å². The molecule has 2 rings (SSSR count). The molecule has 3 N–H and O–H groups in total. The van der Waals surface area contributed by atoms with Crippen LogP contribution >= 0.6 is 58.0 Å². The number of amides is 3. The van der Waals surface area contributed by atoms with Crippen LogP contribution in [0.25, 0.3) is 0 Å². The Bertz CT molecular complexity index is 970. The molecule has 14 heteroatoms. The van der Waals surface area contributed by atoms with E-state index >= 15 is 0 Å². The van der Waals surface area contributed by atoms with Gasteiger partial charge in [-0.05, 0) is 36.4 Å². The van der Waals surface area contributed by atoms with Gasteiger partial charge < -0.3 is 10.1 Å². The van der Waals surface area contributed by atoms with E-state index in [1.165, 1.54) is 24.3 Å². The molecule has 0 aliphatic heterocycles. The number of carbonyl (C=O) groups is 2. The third-order valence-electron chi connectivity index (χ3n) is 3.40.